The first-order valence-electron chi connectivity index (χ1n) is 12.4. The number of rotatable bonds is 8. The third-order valence-corrected chi connectivity index (χ3v) is 7.86. The first-order chi connectivity index (χ1) is 18.6. The lowest BCUT2D eigenvalue weighted by Gasteiger charge is -2.14. The number of furan rings is 1. The zero-order valence-electron chi connectivity index (χ0n) is 20.7. The molecule has 7 heteroatoms. The van der Waals surface area contributed by atoms with Crippen molar-refractivity contribution in [2.24, 2.45) is 0 Å². The predicted octanol–water partition coefficient (Wildman–Crippen LogP) is 8.30. The molecule has 0 aliphatic heterocycles. The summed E-state index contributed by atoms with van der Waals surface area (Å²) in [7, 11) is 0. The van der Waals surface area contributed by atoms with E-state index in [2.05, 4.69) is 5.32 Å². The maximum Gasteiger partial charge on any atom is 0.412 e. The lowest BCUT2D eigenvalue weighted by atomic mass is 9.99. The minimum atomic E-state index is -0.539. The summed E-state index contributed by atoms with van der Waals surface area (Å²) in [5.74, 6) is 0.583. The van der Waals surface area contributed by atoms with Crippen molar-refractivity contribution in [2.45, 2.75) is 31.5 Å². The maximum atomic E-state index is 12.8. The van der Waals surface area contributed by atoms with Crippen LogP contribution in [0.15, 0.2) is 94.7 Å². The van der Waals surface area contributed by atoms with Crippen molar-refractivity contribution in [3.63, 3.8) is 0 Å². The molecule has 1 atom stereocenters. The maximum absolute atomic E-state index is 12.8. The number of benzene rings is 3. The Morgan fingerprint density at radius 3 is 2.26 bits per heavy atom. The molecule has 0 saturated heterocycles. The molecule has 0 bridgehead atoms. The van der Waals surface area contributed by atoms with Crippen molar-refractivity contribution < 1.29 is 23.5 Å². The number of hydrogen-bond acceptors (Lipinski definition) is 6. The topological polar surface area (TPSA) is 77.8 Å². The van der Waals surface area contributed by atoms with Gasteiger partial charge >= 0.3 is 6.09 Å². The third kappa shape index (κ3) is 4.57. The standard InChI is InChI=1S/C31H25NO5S/c1-20(21-5-3-2-4-6-21)36-30(34)32-27-28(37-26-15-18-38-29(26)27)24-9-7-22(8-10-24)23-11-13-25(14-12-23)31(16-17-31)35-19-33/h2-15,18-20H,16-17H2,1H3,(H,32,34). The van der Waals surface area contributed by atoms with Gasteiger partial charge in [0.25, 0.3) is 6.47 Å². The highest BCUT2D eigenvalue weighted by atomic mass is 32.1. The molecule has 1 fully saturated rings. The molecule has 2 heterocycles. The highest BCUT2D eigenvalue weighted by Crippen LogP contribution is 2.49. The average molecular weight is 524 g/mol. The number of fused-ring (bicyclic) bond motifs is 1. The Morgan fingerprint density at radius 2 is 1.61 bits per heavy atom. The minimum Gasteiger partial charge on any atom is -0.456 e. The normalized spacial score (nSPS) is 14.6. The Morgan fingerprint density at radius 1 is 0.947 bits per heavy atom. The summed E-state index contributed by atoms with van der Waals surface area (Å²) >= 11 is 1.50. The second-order valence-corrected chi connectivity index (χ2v) is 10.3. The molecule has 38 heavy (non-hydrogen) atoms. The van der Waals surface area contributed by atoms with Gasteiger partial charge in [0, 0.05) is 5.56 Å². The highest BCUT2D eigenvalue weighted by Gasteiger charge is 2.46. The number of thiophene rings is 1. The lowest BCUT2D eigenvalue weighted by Crippen LogP contribution is -2.16. The Hall–Kier alpha value is -4.36. The van der Waals surface area contributed by atoms with Gasteiger partial charge in [-0.25, -0.2) is 4.79 Å². The number of ether oxygens (including phenoxy) is 2. The molecule has 0 spiro atoms. The van der Waals surface area contributed by atoms with Crippen LogP contribution in [0.25, 0.3) is 32.7 Å². The van der Waals surface area contributed by atoms with Crippen LogP contribution in [-0.2, 0) is 19.9 Å². The molecule has 0 radical (unpaired) electrons. The fraction of sp³-hybridized carbons (Fsp3) is 0.161. The van der Waals surface area contributed by atoms with E-state index in [0.717, 1.165) is 45.4 Å². The van der Waals surface area contributed by atoms with Gasteiger partial charge < -0.3 is 13.9 Å². The van der Waals surface area contributed by atoms with Crippen molar-refractivity contribution in [1.29, 1.82) is 0 Å². The number of nitrogens with one attached hydrogen (secondary N) is 1. The molecule has 2 aromatic heterocycles. The number of carbonyl (C=O) groups excluding carboxylic acids is 2. The summed E-state index contributed by atoms with van der Waals surface area (Å²) in [5, 5.41) is 4.85. The van der Waals surface area contributed by atoms with Crippen LogP contribution < -0.4 is 5.32 Å². The van der Waals surface area contributed by atoms with Crippen LogP contribution in [0.3, 0.4) is 0 Å². The van der Waals surface area contributed by atoms with E-state index in [1.165, 1.54) is 11.3 Å². The van der Waals surface area contributed by atoms with E-state index >= 15 is 0 Å². The fourth-order valence-electron chi connectivity index (χ4n) is 4.69. The summed E-state index contributed by atoms with van der Waals surface area (Å²) < 4.78 is 17.9. The molecule has 1 amide bonds. The van der Waals surface area contributed by atoms with Crippen molar-refractivity contribution in [3.05, 3.63) is 101 Å². The first-order valence-corrected chi connectivity index (χ1v) is 13.3. The zero-order valence-corrected chi connectivity index (χ0v) is 21.5. The largest absolute Gasteiger partial charge is 0.456 e. The molecule has 5 aromatic rings. The molecule has 1 N–H and O–H groups in total. The van der Waals surface area contributed by atoms with Crippen molar-refractivity contribution in [1.82, 2.24) is 0 Å². The number of amides is 1. The number of hydrogen-bond donors (Lipinski definition) is 1. The van der Waals surface area contributed by atoms with Gasteiger partial charge in [0.05, 0.1) is 4.70 Å². The molecule has 3 aromatic carbocycles. The smallest absolute Gasteiger partial charge is 0.412 e. The first kappa shape index (κ1) is 24.0. The zero-order chi connectivity index (χ0) is 26.1. The number of anilines is 1. The van der Waals surface area contributed by atoms with Crippen LogP contribution in [0.5, 0.6) is 0 Å². The van der Waals surface area contributed by atoms with Gasteiger partial charge in [-0.05, 0) is 53.5 Å². The van der Waals surface area contributed by atoms with Gasteiger partial charge in [0.15, 0.2) is 5.76 Å². The van der Waals surface area contributed by atoms with Gasteiger partial charge in [0.1, 0.15) is 23.0 Å². The summed E-state index contributed by atoms with van der Waals surface area (Å²) in [6.07, 6.45) is 0.781. The van der Waals surface area contributed by atoms with E-state index in [9.17, 15) is 9.59 Å². The van der Waals surface area contributed by atoms with E-state index in [-0.39, 0.29) is 0 Å². The molecule has 6 nitrogen and oxygen atoms in total. The van der Waals surface area contributed by atoms with E-state index in [1.54, 1.807) is 0 Å². The molecular formula is C31H25NO5S. The summed E-state index contributed by atoms with van der Waals surface area (Å²) in [6.45, 7) is 2.38. The van der Waals surface area contributed by atoms with Crippen molar-refractivity contribution in [3.8, 4) is 22.5 Å². The van der Waals surface area contributed by atoms with Crippen LogP contribution >= 0.6 is 11.3 Å². The molecule has 1 aliphatic rings. The van der Waals surface area contributed by atoms with Crippen LogP contribution in [0.1, 0.15) is 37.0 Å². The molecule has 1 aliphatic carbocycles. The Labute approximate surface area is 223 Å². The average Bonchev–Trinajstić information content (AvgIpc) is 3.45. The quantitative estimate of drug-likeness (QED) is 0.207. The van der Waals surface area contributed by atoms with E-state index in [0.29, 0.717) is 23.5 Å². The van der Waals surface area contributed by atoms with Crippen LogP contribution in [0.2, 0.25) is 0 Å². The van der Waals surface area contributed by atoms with Gasteiger partial charge in [-0.15, -0.1) is 11.3 Å². The second kappa shape index (κ2) is 9.84. The molecule has 6 rings (SSSR count). The Balaban J connectivity index is 1.22. The summed E-state index contributed by atoms with van der Waals surface area (Å²) in [4.78, 5) is 23.7. The van der Waals surface area contributed by atoms with Crippen LogP contribution in [-0.4, -0.2) is 12.6 Å². The minimum absolute atomic E-state index is 0.393. The van der Waals surface area contributed by atoms with Gasteiger partial charge in [-0.2, -0.15) is 0 Å². The predicted molar refractivity (Wildman–Crippen MR) is 148 cm³/mol. The third-order valence-electron chi connectivity index (χ3n) is 6.94. The van der Waals surface area contributed by atoms with Crippen molar-refractivity contribution in [2.75, 3.05) is 5.32 Å². The Kier molecular flexibility index (Phi) is 6.21. The van der Waals surface area contributed by atoms with Crippen molar-refractivity contribution >= 4 is 39.9 Å². The summed E-state index contributed by atoms with van der Waals surface area (Å²) in [5.41, 5.74) is 5.74. The van der Waals surface area contributed by atoms with Gasteiger partial charge in [0.2, 0.25) is 0 Å². The highest BCUT2D eigenvalue weighted by molar-refractivity contribution is 7.17. The summed E-state index contributed by atoms with van der Waals surface area (Å²) in [6, 6.07) is 27.6. The van der Waals surface area contributed by atoms with Crippen LogP contribution in [0, 0.1) is 0 Å². The van der Waals surface area contributed by atoms with E-state index < -0.39 is 17.8 Å². The number of carbonyl (C=O) groups is 2. The lowest BCUT2D eigenvalue weighted by molar-refractivity contribution is -0.136. The second-order valence-electron chi connectivity index (χ2n) is 9.37. The van der Waals surface area contributed by atoms with Crippen LogP contribution in [0.4, 0.5) is 10.5 Å². The molecule has 1 saturated carbocycles. The molecular weight excluding hydrogens is 498 g/mol. The van der Waals surface area contributed by atoms with E-state index in [4.69, 9.17) is 13.9 Å². The van der Waals surface area contributed by atoms with Gasteiger partial charge in [-0.3, -0.25) is 10.1 Å². The monoisotopic (exact) mass is 523 g/mol. The molecule has 1 unspecified atom stereocenters. The fourth-order valence-corrected chi connectivity index (χ4v) is 5.50. The SMILES string of the molecule is CC(OC(=O)Nc1c(-c2ccc(-c3ccc(C4(OC=O)CC4)cc3)cc2)oc2ccsc12)c1ccccc1. The molecule has 190 valence electrons. The van der Waals surface area contributed by atoms with Gasteiger partial charge in [-0.1, -0.05) is 78.9 Å². The van der Waals surface area contributed by atoms with E-state index in [1.807, 2.05) is 97.2 Å². The Bertz CT molecular complexity index is 1580.